The van der Waals surface area contributed by atoms with Crippen LogP contribution in [-0.4, -0.2) is 26.0 Å². The molecule has 2 aromatic heterocycles. The lowest BCUT2D eigenvalue weighted by Gasteiger charge is -2.08. The van der Waals surface area contributed by atoms with E-state index < -0.39 is 5.97 Å². The first kappa shape index (κ1) is 10.8. The third kappa shape index (κ3) is 2.28. The highest BCUT2D eigenvalue weighted by atomic mass is 16.4. The van der Waals surface area contributed by atoms with Crippen molar-refractivity contribution in [2.75, 3.05) is 11.1 Å². The topological polar surface area (TPSA) is 114 Å². The zero-order valence-electron chi connectivity index (χ0n) is 8.66. The van der Waals surface area contributed by atoms with E-state index in [-0.39, 0.29) is 17.1 Å². The summed E-state index contributed by atoms with van der Waals surface area (Å²) in [5.41, 5.74) is 6.34. The molecule has 0 aliphatic heterocycles. The molecule has 0 atom stereocenters. The first-order chi connectivity index (χ1) is 8.18. The Bertz CT molecular complexity index is 544. The highest BCUT2D eigenvalue weighted by Crippen LogP contribution is 2.22. The van der Waals surface area contributed by atoms with Crippen molar-refractivity contribution in [3.05, 3.63) is 36.5 Å². The van der Waals surface area contributed by atoms with Crippen molar-refractivity contribution in [2.24, 2.45) is 0 Å². The number of nitrogen functional groups attached to an aromatic ring is 1. The molecule has 4 N–H and O–H groups in total. The maximum absolute atomic E-state index is 10.9. The Morgan fingerprint density at radius 2 is 2.06 bits per heavy atom. The number of carboxylic acids is 1. The lowest BCUT2D eigenvalue weighted by Crippen LogP contribution is -2.07. The van der Waals surface area contributed by atoms with E-state index in [1.54, 1.807) is 0 Å². The number of carbonyl (C=O) groups is 1. The molecule has 0 aliphatic rings. The van der Waals surface area contributed by atoms with E-state index in [2.05, 4.69) is 20.3 Å². The van der Waals surface area contributed by atoms with Crippen LogP contribution in [0.5, 0.6) is 0 Å². The average molecular weight is 231 g/mol. The fourth-order valence-electron chi connectivity index (χ4n) is 1.26. The van der Waals surface area contributed by atoms with Gasteiger partial charge in [-0.1, -0.05) is 0 Å². The number of nitrogens with one attached hydrogen (secondary N) is 1. The van der Waals surface area contributed by atoms with Gasteiger partial charge in [-0.2, -0.15) is 0 Å². The molecule has 0 radical (unpaired) electrons. The highest BCUT2D eigenvalue weighted by Gasteiger charge is 2.12. The molecule has 2 heterocycles. The van der Waals surface area contributed by atoms with Gasteiger partial charge >= 0.3 is 5.97 Å². The second-order valence-electron chi connectivity index (χ2n) is 3.18. The van der Waals surface area contributed by atoms with Crippen molar-refractivity contribution >= 4 is 23.2 Å². The molecule has 0 saturated heterocycles. The maximum atomic E-state index is 10.9. The summed E-state index contributed by atoms with van der Waals surface area (Å²) >= 11 is 0. The lowest BCUT2D eigenvalue weighted by atomic mass is 10.2. The normalized spacial score (nSPS) is 9.88. The first-order valence-electron chi connectivity index (χ1n) is 4.68. The third-order valence-electron chi connectivity index (χ3n) is 2.04. The van der Waals surface area contributed by atoms with Crippen molar-refractivity contribution in [3.63, 3.8) is 0 Å². The van der Waals surface area contributed by atoms with Gasteiger partial charge in [0, 0.05) is 6.20 Å². The summed E-state index contributed by atoms with van der Waals surface area (Å²) in [4.78, 5) is 22.4. The van der Waals surface area contributed by atoms with E-state index in [0.29, 0.717) is 5.69 Å². The molecule has 7 heteroatoms. The van der Waals surface area contributed by atoms with Crippen LogP contribution in [0.4, 0.5) is 17.2 Å². The van der Waals surface area contributed by atoms with Crippen LogP contribution in [-0.2, 0) is 0 Å². The number of hydrogen-bond acceptors (Lipinski definition) is 6. The molecule has 0 bridgehead atoms. The smallest absolute Gasteiger partial charge is 0.337 e. The molecule has 2 aromatic rings. The lowest BCUT2D eigenvalue weighted by molar-refractivity contribution is 0.0698. The summed E-state index contributed by atoms with van der Waals surface area (Å²) in [6.07, 6.45) is 5.81. The summed E-state index contributed by atoms with van der Waals surface area (Å²) in [6.45, 7) is 0. The molecule has 7 nitrogen and oxygen atoms in total. The zero-order chi connectivity index (χ0) is 12.3. The Morgan fingerprint density at radius 3 is 2.71 bits per heavy atom. The van der Waals surface area contributed by atoms with Crippen molar-refractivity contribution in [3.8, 4) is 0 Å². The highest BCUT2D eigenvalue weighted by molar-refractivity contribution is 5.96. The minimum atomic E-state index is -1.10. The number of rotatable bonds is 3. The summed E-state index contributed by atoms with van der Waals surface area (Å²) in [6, 6.07) is 1.34. The van der Waals surface area contributed by atoms with Crippen molar-refractivity contribution in [2.45, 2.75) is 0 Å². The van der Waals surface area contributed by atoms with E-state index in [9.17, 15) is 4.79 Å². The minimum absolute atomic E-state index is 0.000602. The second kappa shape index (κ2) is 4.44. The van der Waals surface area contributed by atoms with Crippen LogP contribution in [0.1, 0.15) is 10.4 Å². The number of hydrogen-bond donors (Lipinski definition) is 3. The molecule has 2 rings (SSSR count). The van der Waals surface area contributed by atoms with Crippen LogP contribution < -0.4 is 11.1 Å². The van der Waals surface area contributed by atoms with E-state index in [1.165, 1.54) is 31.0 Å². The van der Waals surface area contributed by atoms with Crippen LogP contribution in [0.2, 0.25) is 0 Å². The third-order valence-corrected chi connectivity index (χ3v) is 2.04. The van der Waals surface area contributed by atoms with E-state index in [1.807, 2.05) is 0 Å². The van der Waals surface area contributed by atoms with Gasteiger partial charge in [0.25, 0.3) is 0 Å². The summed E-state index contributed by atoms with van der Waals surface area (Å²) in [5.74, 6) is -0.836. The van der Waals surface area contributed by atoms with Crippen LogP contribution in [0.3, 0.4) is 0 Å². The molecule has 86 valence electrons. The SMILES string of the molecule is Nc1c(C(=O)O)ccnc1Nc1cncnc1. The summed E-state index contributed by atoms with van der Waals surface area (Å²) in [7, 11) is 0. The summed E-state index contributed by atoms with van der Waals surface area (Å²) < 4.78 is 0. The number of nitrogens with two attached hydrogens (primary N) is 1. The van der Waals surface area contributed by atoms with Gasteiger partial charge in [0.1, 0.15) is 6.33 Å². The second-order valence-corrected chi connectivity index (χ2v) is 3.18. The molecule has 0 fully saturated rings. The van der Waals surface area contributed by atoms with Gasteiger partial charge in [0.05, 0.1) is 29.3 Å². The van der Waals surface area contributed by atoms with Crippen molar-refractivity contribution in [1.29, 1.82) is 0 Å². The van der Waals surface area contributed by atoms with Gasteiger partial charge in [-0.05, 0) is 6.07 Å². The maximum Gasteiger partial charge on any atom is 0.337 e. The fourth-order valence-corrected chi connectivity index (χ4v) is 1.26. The monoisotopic (exact) mass is 231 g/mol. The summed E-state index contributed by atoms with van der Waals surface area (Å²) in [5, 5.41) is 11.7. The Hall–Kier alpha value is -2.70. The van der Waals surface area contributed by atoms with Crippen LogP contribution >= 0.6 is 0 Å². The van der Waals surface area contributed by atoms with Gasteiger partial charge in [-0.25, -0.2) is 19.7 Å². The predicted octanol–water partition coefficient (Wildman–Crippen LogP) is 0.896. The van der Waals surface area contributed by atoms with Crippen molar-refractivity contribution < 1.29 is 9.90 Å². The van der Waals surface area contributed by atoms with E-state index in [4.69, 9.17) is 10.8 Å². The van der Waals surface area contributed by atoms with Gasteiger partial charge in [-0.15, -0.1) is 0 Å². The quantitative estimate of drug-likeness (QED) is 0.718. The molecule has 0 aromatic carbocycles. The molecular weight excluding hydrogens is 222 g/mol. The Morgan fingerprint density at radius 1 is 1.35 bits per heavy atom. The molecule has 0 spiro atoms. The number of pyridine rings is 1. The minimum Gasteiger partial charge on any atom is -0.478 e. The Labute approximate surface area is 96.4 Å². The molecular formula is C10H9N5O2. The number of aromatic nitrogens is 3. The molecule has 0 aliphatic carbocycles. The molecule has 17 heavy (non-hydrogen) atoms. The van der Waals surface area contributed by atoms with Crippen LogP contribution in [0.15, 0.2) is 31.0 Å². The molecule has 0 saturated carbocycles. The average Bonchev–Trinajstić information content (AvgIpc) is 2.33. The first-order valence-corrected chi connectivity index (χ1v) is 4.68. The zero-order valence-corrected chi connectivity index (χ0v) is 8.66. The largest absolute Gasteiger partial charge is 0.478 e. The van der Waals surface area contributed by atoms with E-state index >= 15 is 0 Å². The Balaban J connectivity index is 2.34. The standard InChI is InChI=1S/C10H9N5O2/c11-8-7(10(16)17)1-2-14-9(8)15-6-3-12-5-13-4-6/h1-5H,11H2,(H,14,15)(H,16,17). The predicted molar refractivity (Wildman–Crippen MR) is 60.9 cm³/mol. The van der Waals surface area contributed by atoms with Crippen LogP contribution in [0.25, 0.3) is 0 Å². The van der Waals surface area contributed by atoms with E-state index in [0.717, 1.165) is 0 Å². The molecule has 0 unspecified atom stereocenters. The number of nitrogens with zero attached hydrogens (tertiary/aromatic N) is 3. The van der Waals surface area contributed by atoms with Crippen LogP contribution in [0, 0.1) is 0 Å². The van der Waals surface area contributed by atoms with Gasteiger partial charge in [0.2, 0.25) is 0 Å². The number of aromatic carboxylic acids is 1. The Kier molecular flexibility index (Phi) is 2.82. The fraction of sp³-hybridized carbons (Fsp3) is 0. The number of carboxylic acid groups (broad SMARTS) is 1. The number of anilines is 3. The van der Waals surface area contributed by atoms with Gasteiger partial charge in [-0.3, -0.25) is 0 Å². The van der Waals surface area contributed by atoms with Crippen molar-refractivity contribution in [1.82, 2.24) is 15.0 Å². The molecule has 0 amide bonds. The van der Waals surface area contributed by atoms with Gasteiger partial charge in [0.15, 0.2) is 5.82 Å². The van der Waals surface area contributed by atoms with Gasteiger partial charge < -0.3 is 16.2 Å².